The van der Waals surface area contributed by atoms with Crippen LogP contribution in [0.4, 0.5) is 4.79 Å². The smallest absolute Gasteiger partial charge is 0.316 e. The van der Waals surface area contributed by atoms with Crippen molar-refractivity contribution >= 4 is 6.03 Å². The Morgan fingerprint density at radius 2 is 0.750 bits per heavy atom. The number of carbonyl (C=O) groups excluding carboxylic acids is 1. The van der Waals surface area contributed by atoms with Crippen molar-refractivity contribution < 1.29 is 24.3 Å². The summed E-state index contributed by atoms with van der Waals surface area (Å²) < 4.78 is 0. The van der Waals surface area contributed by atoms with Crippen LogP contribution in [-0.4, -0.2) is 22.1 Å². The lowest BCUT2D eigenvalue weighted by Crippen LogP contribution is -2.57. The van der Waals surface area contributed by atoms with E-state index in [9.17, 15) is 4.79 Å². The molecular formula is C33H52N2O5. The SMILES string of the molecule is CC(C)(C)OOC(C)(C)c1ccc(C(C)(C)N(C(N)=O)C(C)(C)c2ccc(C(C)(C)OOC(C)(C)C)cc2)cc1. The zero-order chi connectivity index (χ0) is 30.9. The summed E-state index contributed by atoms with van der Waals surface area (Å²) in [5.74, 6) is 0. The average Bonchev–Trinajstić information content (AvgIpc) is 2.80. The first-order valence-corrected chi connectivity index (χ1v) is 14.0. The maximum Gasteiger partial charge on any atom is 0.316 e. The third kappa shape index (κ3) is 8.29. The van der Waals surface area contributed by atoms with E-state index < -0.39 is 39.5 Å². The first-order chi connectivity index (χ1) is 17.9. The normalized spacial score (nSPS) is 13.8. The van der Waals surface area contributed by atoms with Crippen molar-refractivity contribution in [2.24, 2.45) is 5.73 Å². The average molecular weight is 557 g/mol. The molecule has 0 atom stereocenters. The fourth-order valence-corrected chi connectivity index (χ4v) is 4.62. The Hall–Kier alpha value is -2.45. The first kappa shape index (κ1) is 33.8. The quantitative estimate of drug-likeness (QED) is 0.236. The molecule has 2 amide bonds. The van der Waals surface area contributed by atoms with Crippen molar-refractivity contribution in [2.45, 2.75) is 130 Å². The molecule has 0 bridgehead atoms. The topological polar surface area (TPSA) is 83.2 Å². The van der Waals surface area contributed by atoms with E-state index >= 15 is 0 Å². The lowest BCUT2D eigenvalue weighted by atomic mass is 9.82. The molecule has 0 radical (unpaired) electrons. The maximum atomic E-state index is 13.0. The van der Waals surface area contributed by atoms with Gasteiger partial charge in [0, 0.05) is 0 Å². The molecule has 2 N–H and O–H groups in total. The van der Waals surface area contributed by atoms with Gasteiger partial charge in [-0.3, -0.25) is 0 Å². The number of carbonyl (C=O) groups is 1. The van der Waals surface area contributed by atoms with E-state index in [1.165, 1.54) is 0 Å². The number of urea groups is 1. The number of hydrogen-bond donors (Lipinski definition) is 1. The summed E-state index contributed by atoms with van der Waals surface area (Å²) in [6, 6.07) is 15.6. The minimum atomic E-state index is -0.720. The lowest BCUT2D eigenvalue weighted by molar-refractivity contribution is -0.401. The van der Waals surface area contributed by atoms with Crippen LogP contribution in [0.3, 0.4) is 0 Å². The molecule has 0 spiro atoms. The number of rotatable bonds is 10. The lowest BCUT2D eigenvalue weighted by Gasteiger charge is -2.48. The number of hydrogen-bond acceptors (Lipinski definition) is 5. The van der Waals surface area contributed by atoms with Gasteiger partial charge in [0.2, 0.25) is 0 Å². The summed E-state index contributed by atoms with van der Waals surface area (Å²) >= 11 is 0. The Kier molecular flexibility index (Phi) is 9.65. The summed E-state index contributed by atoms with van der Waals surface area (Å²) in [5, 5.41) is 0. The standard InChI is InChI=1S/C33H52N2O5/c1-28(2,3)37-39-32(11,12)25-19-15-23(16-20-25)30(7,8)35(27(34)36)31(9,10)24-17-21-26(22-18-24)33(13,14)40-38-29(4,5)6/h15-22H,1-14H3,(H2,34,36). The van der Waals surface area contributed by atoms with Crippen LogP contribution < -0.4 is 5.73 Å². The van der Waals surface area contributed by atoms with Crippen LogP contribution >= 0.6 is 0 Å². The van der Waals surface area contributed by atoms with Gasteiger partial charge in [-0.05, 0) is 119 Å². The third-order valence-corrected chi connectivity index (χ3v) is 6.91. The molecule has 0 saturated carbocycles. The number of nitrogens with zero attached hydrogens (tertiary/aromatic N) is 1. The van der Waals surface area contributed by atoms with Gasteiger partial charge in [-0.2, -0.15) is 0 Å². The molecular weight excluding hydrogens is 504 g/mol. The fraction of sp³-hybridized carbons (Fsp3) is 0.606. The Morgan fingerprint density at radius 3 is 0.975 bits per heavy atom. The van der Waals surface area contributed by atoms with Gasteiger partial charge >= 0.3 is 6.03 Å². The van der Waals surface area contributed by atoms with Gasteiger partial charge in [0.05, 0.1) is 22.3 Å². The largest absolute Gasteiger partial charge is 0.351 e. The van der Waals surface area contributed by atoms with Crippen LogP contribution in [0.2, 0.25) is 0 Å². The molecule has 0 saturated heterocycles. The third-order valence-electron chi connectivity index (χ3n) is 6.91. The van der Waals surface area contributed by atoms with Gasteiger partial charge in [0.15, 0.2) is 0 Å². The van der Waals surface area contributed by atoms with Gasteiger partial charge in [-0.25, -0.2) is 24.3 Å². The van der Waals surface area contributed by atoms with Crippen LogP contribution in [0.1, 0.15) is 119 Å². The second kappa shape index (κ2) is 11.4. The first-order valence-electron chi connectivity index (χ1n) is 14.0. The molecule has 0 aromatic heterocycles. The zero-order valence-corrected chi connectivity index (χ0v) is 27.2. The minimum Gasteiger partial charge on any atom is -0.351 e. The van der Waals surface area contributed by atoms with E-state index in [2.05, 4.69) is 0 Å². The summed E-state index contributed by atoms with van der Waals surface area (Å²) in [6.07, 6.45) is 0. The molecule has 40 heavy (non-hydrogen) atoms. The van der Waals surface area contributed by atoms with E-state index in [1.807, 2.05) is 145 Å². The zero-order valence-electron chi connectivity index (χ0n) is 27.2. The second-order valence-corrected chi connectivity index (χ2v) is 14.5. The van der Waals surface area contributed by atoms with Crippen molar-refractivity contribution in [1.82, 2.24) is 4.90 Å². The number of amides is 2. The van der Waals surface area contributed by atoms with Gasteiger partial charge < -0.3 is 10.6 Å². The summed E-state index contributed by atoms with van der Waals surface area (Å²) in [6.45, 7) is 27.5. The van der Waals surface area contributed by atoms with E-state index in [0.29, 0.717) is 0 Å². The number of benzene rings is 2. The highest BCUT2D eigenvalue weighted by molar-refractivity contribution is 5.74. The van der Waals surface area contributed by atoms with Crippen LogP contribution in [0.5, 0.6) is 0 Å². The molecule has 2 aromatic rings. The monoisotopic (exact) mass is 556 g/mol. The predicted molar refractivity (Wildman–Crippen MR) is 160 cm³/mol. The van der Waals surface area contributed by atoms with E-state index in [-0.39, 0.29) is 0 Å². The Morgan fingerprint density at radius 1 is 0.500 bits per heavy atom. The molecule has 0 fully saturated rings. The van der Waals surface area contributed by atoms with Crippen LogP contribution in [0.15, 0.2) is 48.5 Å². The Labute approximate surface area is 242 Å². The predicted octanol–water partition coefficient (Wildman–Crippen LogP) is 8.20. The highest BCUT2D eigenvalue weighted by Crippen LogP contribution is 2.40. The summed E-state index contributed by atoms with van der Waals surface area (Å²) in [7, 11) is 0. The van der Waals surface area contributed by atoms with Crippen LogP contribution in [-0.2, 0) is 41.8 Å². The molecule has 0 aliphatic rings. The van der Waals surface area contributed by atoms with E-state index in [0.717, 1.165) is 22.3 Å². The maximum absolute atomic E-state index is 13.0. The summed E-state index contributed by atoms with van der Waals surface area (Å²) in [4.78, 5) is 37.5. The Bertz CT molecular complexity index is 1050. The minimum absolute atomic E-state index is 0.423. The van der Waals surface area contributed by atoms with Gasteiger partial charge in [-0.1, -0.05) is 48.5 Å². The molecule has 0 aliphatic carbocycles. The highest BCUT2D eigenvalue weighted by Gasteiger charge is 2.43. The second-order valence-electron chi connectivity index (χ2n) is 14.5. The molecule has 0 heterocycles. The number of nitrogens with two attached hydrogens (primary N) is 1. The fourth-order valence-electron chi connectivity index (χ4n) is 4.62. The summed E-state index contributed by atoms with van der Waals surface area (Å²) in [5.41, 5.74) is 6.26. The van der Waals surface area contributed by atoms with Crippen molar-refractivity contribution in [3.63, 3.8) is 0 Å². The molecule has 2 aromatic carbocycles. The van der Waals surface area contributed by atoms with Gasteiger partial charge in [0.25, 0.3) is 0 Å². The molecule has 2 rings (SSSR count). The van der Waals surface area contributed by atoms with E-state index in [4.69, 9.17) is 25.3 Å². The number of primary amides is 1. The van der Waals surface area contributed by atoms with E-state index in [1.54, 1.807) is 4.90 Å². The molecule has 7 nitrogen and oxygen atoms in total. The molecule has 0 aliphatic heterocycles. The molecule has 7 heteroatoms. The van der Waals surface area contributed by atoms with Crippen molar-refractivity contribution in [3.05, 3.63) is 70.8 Å². The van der Waals surface area contributed by atoms with Gasteiger partial charge in [-0.15, -0.1) is 0 Å². The molecule has 0 unspecified atom stereocenters. The Balaban J connectivity index is 2.37. The van der Waals surface area contributed by atoms with Gasteiger partial charge in [0.1, 0.15) is 11.2 Å². The van der Waals surface area contributed by atoms with Crippen molar-refractivity contribution in [1.29, 1.82) is 0 Å². The van der Waals surface area contributed by atoms with Crippen molar-refractivity contribution in [2.75, 3.05) is 0 Å². The molecule has 224 valence electrons. The van der Waals surface area contributed by atoms with Crippen LogP contribution in [0.25, 0.3) is 0 Å². The van der Waals surface area contributed by atoms with Crippen molar-refractivity contribution in [3.8, 4) is 0 Å². The highest BCUT2D eigenvalue weighted by atomic mass is 17.2. The van der Waals surface area contributed by atoms with Crippen LogP contribution in [0, 0.1) is 0 Å².